The summed E-state index contributed by atoms with van der Waals surface area (Å²) in [5.74, 6) is -0.766. The van der Waals surface area contributed by atoms with Crippen molar-refractivity contribution < 1.29 is 14.0 Å². The predicted molar refractivity (Wildman–Crippen MR) is 98.4 cm³/mol. The van der Waals surface area contributed by atoms with Gasteiger partial charge in [-0.2, -0.15) is 5.10 Å². The Hall–Kier alpha value is -3.17. The molecule has 0 aliphatic carbocycles. The highest BCUT2D eigenvalue weighted by molar-refractivity contribution is 6.01. The molecule has 2 fully saturated rings. The fourth-order valence-corrected chi connectivity index (χ4v) is 3.83. The van der Waals surface area contributed by atoms with Crippen molar-refractivity contribution in [3.05, 3.63) is 46.9 Å². The molecule has 9 nitrogen and oxygen atoms in total. The van der Waals surface area contributed by atoms with E-state index in [4.69, 9.17) is 0 Å². The van der Waals surface area contributed by atoms with Gasteiger partial charge in [0.05, 0.1) is 5.69 Å². The number of hydrogen-bond donors (Lipinski definition) is 2. The van der Waals surface area contributed by atoms with Crippen molar-refractivity contribution in [1.29, 1.82) is 0 Å². The largest absolute Gasteiger partial charge is 0.343 e. The molecular weight excluding hydrogens is 367 g/mol. The minimum atomic E-state index is -0.665. The average molecular weight is 388 g/mol. The second-order valence-electron chi connectivity index (χ2n) is 7.02. The zero-order valence-electron chi connectivity index (χ0n) is 15.2. The zero-order chi connectivity index (χ0) is 19.7. The minimum absolute atomic E-state index is 0.0000372. The van der Waals surface area contributed by atoms with Gasteiger partial charge in [0.2, 0.25) is 5.91 Å². The molecule has 3 heterocycles. The van der Waals surface area contributed by atoms with Gasteiger partial charge in [-0.3, -0.25) is 9.36 Å². The third-order valence-electron chi connectivity index (χ3n) is 5.37. The summed E-state index contributed by atoms with van der Waals surface area (Å²) in [7, 11) is 0. The van der Waals surface area contributed by atoms with E-state index in [1.807, 2.05) is 0 Å². The van der Waals surface area contributed by atoms with Gasteiger partial charge in [-0.15, -0.1) is 0 Å². The summed E-state index contributed by atoms with van der Waals surface area (Å²) in [5, 5.41) is 8.86. The highest BCUT2D eigenvalue weighted by Gasteiger charge is 2.36. The number of rotatable bonds is 3. The van der Waals surface area contributed by atoms with Crippen molar-refractivity contribution in [1.82, 2.24) is 25.0 Å². The topological polar surface area (TPSA) is 103 Å². The number of urea groups is 1. The number of H-pyrrole nitrogens is 1. The summed E-state index contributed by atoms with van der Waals surface area (Å²) in [5.41, 5.74) is -0.0247. The summed E-state index contributed by atoms with van der Waals surface area (Å²) < 4.78 is 15.5. The third kappa shape index (κ3) is 3.37. The van der Waals surface area contributed by atoms with E-state index < -0.39 is 11.9 Å². The van der Waals surface area contributed by atoms with Crippen molar-refractivity contribution in [2.45, 2.75) is 31.3 Å². The van der Waals surface area contributed by atoms with Gasteiger partial charge in [-0.1, -0.05) is 12.1 Å². The normalized spacial score (nSPS) is 20.6. The number of halogens is 1. The average Bonchev–Trinajstić information content (AvgIpc) is 3.28. The van der Waals surface area contributed by atoms with Gasteiger partial charge in [-0.25, -0.2) is 19.1 Å². The van der Waals surface area contributed by atoms with E-state index in [-0.39, 0.29) is 29.4 Å². The predicted octanol–water partition coefficient (Wildman–Crippen LogP) is 0.863. The van der Waals surface area contributed by atoms with Crippen LogP contribution in [0.2, 0.25) is 0 Å². The number of amides is 3. The Kier molecular flexibility index (Phi) is 4.84. The quantitative estimate of drug-likeness (QED) is 0.814. The van der Waals surface area contributed by atoms with Crippen LogP contribution in [0.15, 0.2) is 35.4 Å². The molecule has 1 atom stereocenters. The van der Waals surface area contributed by atoms with Gasteiger partial charge >= 0.3 is 11.7 Å². The van der Waals surface area contributed by atoms with E-state index in [2.05, 4.69) is 15.5 Å². The zero-order valence-corrected chi connectivity index (χ0v) is 15.2. The molecule has 4 rings (SSSR count). The fraction of sp³-hybridized carbons (Fsp3) is 0.444. The standard InChI is InChI=1S/C18H21FN6O3/c19-13-3-1-2-4-15(13)24-10-7-14(16(24)26)21-17(27)23-8-5-12(6-9-23)25-11-20-22-18(25)28/h1-4,11-12,14H,5-10H2,(H,21,27)(H,22,28). The van der Waals surface area contributed by atoms with E-state index in [1.54, 1.807) is 27.7 Å². The number of aromatic nitrogens is 3. The summed E-state index contributed by atoms with van der Waals surface area (Å²) in [6.07, 6.45) is 3.16. The summed E-state index contributed by atoms with van der Waals surface area (Å²) in [6.45, 7) is 1.31. The molecule has 0 spiro atoms. The van der Waals surface area contributed by atoms with Crippen molar-refractivity contribution in [2.75, 3.05) is 24.5 Å². The van der Waals surface area contributed by atoms with Crippen LogP contribution in [0.4, 0.5) is 14.9 Å². The van der Waals surface area contributed by atoms with Crippen LogP contribution in [0.5, 0.6) is 0 Å². The summed E-state index contributed by atoms with van der Waals surface area (Å²) in [6, 6.07) is 5.13. The Morgan fingerprint density at radius 1 is 1.14 bits per heavy atom. The molecule has 0 bridgehead atoms. The fourth-order valence-electron chi connectivity index (χ4n) is 3.83. The Morgan fingerprint density at radius 3 is 2.57 bits per heavy atom. The smallest absolute Gasteiger partial charge is 0.326 e. The number of piperidine rings is 1. The van der Waals surface area contributed by atoms with Crippen LogP contribution >= 0.6 is 0 Å². The number of likely N-dealkylation sites (tertiary alicyclic amines) is 1. The Balaban J connectivity index is 1.33. The molecule has 2 aliphatic heterocycles. The van der Waals surface area contributed by atoms with Gasteiger partial charge in [0.15, 0.2) is 0 Å². The summed E-state index contributed by atoms with van der Waals surface area (Å²) >= 11 is 0. The van der Waals surface area contributed by atoms with E-state index in [0.717, 1.165) is 0 Å². The van der Waals surface area contributed by atoms with Crippen molar-refractivity contribution in [2.24, 2.45) is 0 Å². The van der Waals surface area contributed by atoms with Crippen LogP contribution in [0, 0.1) is 5.82 Å². The van der Waals surface area contributed by atoms with E-state index in [9.17, 15) is 18.8 Å². The van der Waals surface area contributed by atoms with Crippen LogP contribution in [-0.2, 0) is 4.79 Å². The second-order valence-corrected chi connectivity index (χ2v) is 7.02. The lowest BCUT2D eigenvalue weighted by Crippen LogP contribution is -2.50. The van der Waals surface area contributed by atoms with Gasteiger partial charge < -0.3 is 15.1 Å². The molecule has 1 aromatic carbocycles. The Labute approximate surface area is 160 Å². The number of nitrogens with one attached hydrogen (secondary N) is 2. The molecule has 2 saturated heterocycles. The second kappa shape index (κ2) is 7.45. The Morgan fingerprint density at radius 2 is 1.89 bits per heavy atom. The molecule has 28 heavy (non-hydrogen) atoms. The van der Waals surface area contributed by atoms with Crippen molar-refractivity contribution in [3.8, 4) is 0 Å². The van der Waals surface area contributed by atoms with Gasteiger partial charge in [0, 0.05) is 25.7 Å². The first-order valence-corrected chi connectivity index (χ1v) is 9.27. The van der Waals surface area contributed by atoms with Crippen LogP contribution in [0.1, 0.15) is 25.3 Å². The number of carbonyl (C=O) groups is 2. The number of aromatic amines is 1. The Bertz CT molecular complexity index is 933. The minimum Gasteiger partial charge on any atom is -0.326 e. The number of anilines is 1. The maximum Gasteiger partial charge on any atom is 0.343 e. The molecule has 148 valence electrons. The monoisotopic (exact) mass is 388 g/mol. The first kappa shape index (κ1) is 18.2. The SMILES string of the molecule is O=C(NC1CCN(c2ccccc2F)C1=O)N1CCC(n2cn[nH]c2=O)CC1. The van der Waals surface area contributed by atoms with E-state index in [0.29, 0.717) is 38.9 Å². The number of benzene rings is 1. The maximum atomic E-state index is 14.0. The molecule has 3 amide bonds. The van der Waals surface area contributed by atoms with Crippen molar-refractivity contribution in [3.63, 3.8) is 0 Å². The molecule has 2 N–H and O–H groups in total. The van der Waals surface area contributed by atoms with Crippen LogP contribution < -0.4 is 15.9 Å². The number of carbonyl (C=O) groups excluding carboxylic acids is 2. The number of hydrogen-bond acceptors (Lipinski definition) is 4. The van der Waals surface area contributed by atoms with Gasteiger partial charge in [0.1, 0.15) is 18.2 Å². The van der Waals surface area contributed by atoms with Crippen molar-refractivity contribution >= 4 is 17.6 Å². The van der Waals surface area contributed by atoms with Gasteiger partial charge in [0.25, 0.3) is 0 Å². The van der Waals surface area contributed by atoms with Crippen LogP contribution in [-0.4, -0.2) is 57.3 Å². The van der Waals surface area contributed by atoms with E-state index in [1.165, 1.54) is 17.3 Å². The third-order valence-corrected chi connectivity index (χ3v) is 5.37. The van der Waals surface area contributed by atoms with Crippen LogP contribution in [0.25, 0.3) is 0 Å². The maximum absolute atomic E-state index is 14.0. The molecule has 2 aromatic rings. The lowest BCUT2D eigenvalue weighted by Gasteiger charge is -2.32. The van der Waals surface area contributed by atoms with E-state index >= 15 is 0 Å². The molecule has 1 unspecified atom stereocenters. The molecule has 2 aliphatic rings. The van der Waals surface area contributed by atoms with Crippen LogP contribution in [0.3, 0.4) is 0 Å². The first-order chi connectivity index (χ1) is 13.5. The van der Waals surface area contributed by atoms with Gasteiger partial charge in [-0.05, 0) is 31.4 Å². The number of para-hydroxylation sites is 1. The highest BCUT2D eigenvalue weighted by atomic mass is 19.1. The number of nitrogens with zero attached hydrogens (tertiary/aromatic N) is 4. The highest BCUT2D eigenvalue weighted by Crippen LogP contribution is 2.25. The molecule has 0 saturated carbocycles. The first-order valence-electron chi connectivity index (χ1n) is 9.27. The molecule has 0 radical (unpaired) electrons. The summed E-state index contributed by atoms with van der Waals surface area (Å²) in [4.78, 5) is 39.8. The molecule has 10 heteroatoms. The lowest BCUT2D eigenvalue weighted by molar-refractivity contribution is -0.118. The molecule has 1 aromatic heterocycles. The lowest BCUT2D eigenvalue weighted by atomic mass is 10.1. The molecular formula is C18H21FN6O3.